The molecule has 0 spiro atoms. The number of urea groups is 1. The van der Waals surface area contributed by atoms with Crippen molar-refractivity contribution in [2.45, 2.75) is 6.54 Å². The van der Waals surface area contributed by atoms with Gasteiger partial charge in [-0.2, -0.15) is 0 Å². The van der Waals surface area contributed by atoms with Crippen LogP contribution >= 0.6 is 0 Å². The lowest BCUT2D eigenvalue weighted by molar-refractivity contribution is -0.118. The van der Waals surface area contributed by atoms with Crippen molar-refractivity contribution < 1.29 is 18.7 Å². The van der Waals surface area contributed by atoms with Gasteiger partial charge in [-0.1, -0.05) is 30.3 Å². The highest BCUT2D eigenvalue weighted by atomic mass is 16.5. The van der Waals surface area contributed by atoms with Crippen molar-refractivity contribution in [2.75, 3.05) is 17.2 Å². The minimum absolute atomic E-state index is 0.0451. The van der Waals surface area contributed by atoms with Gasteiger partial charge in [-0.25, -0.2) is 9.78 Å². The monoisotopic (exact) mass is 364 g/mol. The molecule has 1 aromatic heterocycles. The normalized spacial score (nSPS) is 12.5. The molecular weight excluding hydrogens is 348 g/mol. The van der Waals surface area contributed by atoms with Crippen molar-refractivity contribution in [3.05, 3.63) is 60.6 Å². The molecule has 3 amide bonds. The van der Waals surface area contributed by atoms with E-state index in [2.05, 4.69) is 20.9 Å². The molecule has 0 radical (unpaired) electrons. The van der Waals surface area contributed by atoms with Crippen LogP contribution in [-0.2, 0) is 11.3 Å². The van der Waals surface area contributed by atoms with Crippen molar-refractivity contribution in [1.29, 1.82) is 0 Å². The van der Waals surface area contributed by atoms with Crippen molar-refractivity contribution in [3.8, 4) is 17.1 Å². The molecule has 0 saturated carbocycles. The number of carbonyl (C=O) groups excluding carboxylic acids is 2. The lowest BCUT2D eigenvalue weighted by Crippen LogP contribution is -2.28. The summed E-state index contributed by atoms with van der Waals surface area (Å²) in [5, 5.41) is 8.07. The average molecular weight is 364 g/mol. The van der Waals surface area contributed by atoms with Crippen LogP contribution in [0, 0.1) is 0 Å². The van der Waals surface area contributed by atoms with E-state index in [1.807, 2.05) is 30.3 Å². The van der Waals surface area contributed by atoms with E-state index in [-0.39, 0.29) is 19.1 Å². The smallest absolute Gasteiger partial charge is 0.319 e. The van der Waals surface area contributed by atoms with Crippen molar-refractivity contribution in [2.24, 2.45) is 0 Å². The molecule has 27 heavy (non-hydrogen) atoms. The molecule has 0 atom stereocenters. The molecule has 2 aromatic carbocycles. The standard InChI is InChI=1S/C19H16N4O4/c24-17-11-26-15-8-13(6-7-14(15)23-17)22-19(25)21-10-18-20-9-16(27-18)12-4-2-1-3-5-12/h1-9H,10-11H2,(H,23,24)(H2,21,22,25). The second-order valence-corrected chi connectivity index (χ2v) is 5.84. The molecule has 8 heteroatoms. The molecule has 8 nitrogen and oxygen atoms in total. The number of ether oxygens (including phenoxy) is 1. The highest BCUT2D eigenvalue weighted by Gasteiger charge is 2.16. The quantitative estimate of drug-likeness (QED) is 0.660. The average Bonchev–Trinajstić information content (AvgIpc) is 3.16. The van der Waals surface area contributed by atoms with Gasteiger partial charge in [0.15, 0.2) is 12.4 Å². The Morgan fingerprint density at radius 1 is 1.19 bits per heavy atom. The lowest BCUT2D eigenvalue weighted by atomic mass is 10.2. The van der Waals surface area contributed by atoms with Gasteiger partial charge in [0.25, 0.3) is 5.91 Å². The van der Waals surface area contributed by atoms with E-state index in [9.17, 15) is 9.59 Å². The summed E-state index contributed by atoms with van der Waals surface area (Å²) in [5.41, 5.74) is 2.03. The van der Waals surface area contributed by atoms with E-state index in [0.29, 0.717) is 28.8 Å². The molecule has 136 valence electrons. The van der Waals surface area contributed by atoms with Gasteiger partial charge >= 0.3 is 6.03 Å². The number of benzene rings is 2. The summed E-state index contributed by atoms with van der Waals surface area (Å²) in [7, 11) is 0. The summed E-state index contributed by atoms with van der Waals surface area (Å²) < 4.78 is 11.0. The molecule has 0 bridgehead atoms. The number of hydrogen-bond acceptors (Lipinski definition) is 5. The summed E-state index contributed by atoms with van der Waals surface area (Å²) in [5.74, 6) is 1.34. The van der Waals surface area contributed by atoms with Crippen LogP contribution in [0.5, 0.6) is 5.75 Å². The number of nitrogens with one attached hydrogen (secondary N) is 3. The number of anilines is 2. The fourth-order valence-corrected chi connectivity index (χ4v) is 2.61. The predicted octanol–water partition coefficient (Wildman–Crippen LogP) is 2.99. The predicted molar refractivity (Wildman–Crippen MR) is 98.4 cm³/mol. The van der Waals surface area contributed by atoms with Crippen molar-refractivity contribution in [3.63, 3.8) is 0 Å². The van der Waals surface area contributed by atoms with E-state index in [1.54, 1.807) is 24.4 Å². The van der Waals surface area contributed by atoms with E-state index in [4.69, 9.17) is 9.15 Å². The molecule has 1 aliphatic heterocycles. The number of hydrogen-bond donors (Lipinski definition) is 3. The second kappa shape index (κ2) is 7.20. The Bertz CT molecular complexity index is 984. The molecule has 4 rings (SSSR count). The summed E-state index contributed by atoms with van der Waals surface area (Å²) in [6.45, 7) is 0.104. The van der Waals surface area contributed by atoms with Crippen LogP contribution in [0.15, 0.2) is 59.1 Å². The van der Waals surface area contributed by atoms with Crippen molar-refractivity contribution in [1.82, 2.24) is 10.3 Å². The zero-order chi connectivity index (χ0) is 18.6. The van der Waals surface area contributed by atoms with E-state index < -0.39 is 6.03 Å². The number of aromatic nitrogens is 1. The van der Waals surface area contributed by atoms with Crippen LogP contribution in [0.1, 0.15) is 5.89 Å². The highest BCUT2D eigenvalue weighted by molar-refractivity contribution is 5.96. The fraction of sp³-hybridized carbons (Fsp3) is 0.105. The van der Waals surface area contributed by atoms with Crippen LogP contribution in [0.4, 0.5) is 16.2 Å². The zero-order valence-corrected chi connectivity index (χ0v) is 14.2. The van der Waals surface area contributed by atoms with Gasteiger partial charge in [0.2, 0.25) is 5.89 Å². The molecular formula is C19H16N4O4. The van der Waals surface area contributed by atoms with Gasteiger partial charge in [-0.3, -0.25) is 4.79 Å². The SMILES string of the molecule is O=C1COc2cc(NC(=O)NCc3ncc(-c4ccccc4)o3)ccc2N1. The maximum atomic E-state index is 12.1. The largest absolute Gasteiger partial charge is 0.482 e. The van der Waals surface area contributed by atoms with Gasteiger partial charge in [0.05, 0.1) is 18.4 Å². The van der Waals surface area contributed by atoms with Gasteiger partial charge in [-0.15, -0.1) is 0 Å². The van der Waals surface area contributed by atoms with Gasteiger partial charge < -0.3 is 25.1 Å². The molecule has 0 unspecified atom stereocenters. The Morgan fingerprint density at radius 3 is 2.89 bits per heavy atom. The number of rotatable bonds is 4. The third-order valence-corrected chi connectivity index (χ3v) is 3.88. The Kier molecular flexibility index (Phi) is 4.44. The first-order valence-electron chi connectivity index (χ1n) is 8.29. The van der Waals surface area contributed by atoms with Crippen LogP contribution in [0.25, 0.3) is 11.3 Å². The Labute approximate surface area is 154 Å². The summed E-state index contributed by atoms with van der Waals surface area (Å²) in [6.07, 6.45) is 1.62. The maximum Gasteiger partial charge on any atom is 0.319 e. The summed E-state index contributed by atoms with van der Waals surface area (Å²) >= 11 is 0. The maximum absolute atomic E-state index is 12.1. The van der Waals surface area contributed by atoms with Crippen LogP contribution < -0.4 is 20.7 Å². The second-order valence-electron chi connectivity index (χ2n) is 5.84. The number of amides is 3. The Balaban J connectivity index is 1.34. The number of fused-ring (bicyclic) bond motifs is 1. The first kappa shape index (κ1) is 16.6. The third kappa shape index (κ3) is 3.90. The Morgan fingerprint density at radius 2 is 2.04 bits per heavy atom. The van der Waals surface area contributed by atoms with Crippen LogP contribution in [0.2, 0.25) is 0 Å². The van der Waals surface area contributed by atoms with E-state index in [0.717, 1.165) is 5.56 Å². The van der Waals surface area contributed by atoms with Gasteiger partial charge in [0.1, 0.15) is 5.75 Å². The fourth-order valence-electron chi connectivity index (χ4n) is 2.61. The minimum Gasteiger partial charge on any atom is -0.482 e. The molecule has 3 N–H and O–H groups in total. The van der Waals surface area contributed by atoms with Gasteiger partial charge in [0, 0.05) is 17.3 Å². The Hall–Kier alpha value is -3.81. The lowest BCUT2D eigenvalue weighted by Gasteiger charge is -2.18. The first-order valence-corrected chi connectivity index (χ1v) is 8.29. The number of oxazole rings is 1. The molecule has 0 fully saturated rings. The zero-order valence-electron chi connectivity index (χ0n) is 14.2. The van der Waals surface area contributed by atoms with Crippen molar-refractivity contribution >= 4 is 23.3 Å². The highest BCUT2D eigenvalue weighted by Crippen LogP contribution is 2.30. The molecule has 3 aromatic rings. The number of nitrogens with zero attached hydrogens (tertiary/aromatic N) is 1. The first-order chi connectivity index (χ1) is 13.2. The summed E-state index contributed by atoms with van der Waals surface area (Å²) in [6, 6.07) is 14.2. The molecule has 2 heterocycles. The minimum atomic E-state index is -0.408. The topological polar surface area (TPSA) is 105 Å². The molecule has 0 aliphatic carbocycles. The summed E-state index contributed by atoms with van der Waals surface area (Å²) in [4.78, 5) is 27.5. The number of carbonyl (C=O) groups is 2. The third-order valence-electron chi connectivity index (χ3n) is 3.88. The molecule has 1 aliphatic rings. The van der Waals surface area contributed by atoms with E-state index in [1.165, 1.54) is 0 Å². The van der Waals surface area contributed by atoms with E-state index >= 15 is 0 Å². The van der Waals surface area contributed by atoms with Crippen LogP contribution in [-0.4, -0.2) is 23.5 Å². The van der Waals surface area contributed by atoms with Crippen LogP contribution in [0.3, 0.4) is 0 Å². The molecule has 0 saturated heterocycles. The van der Waals surface area contributed by atoms with Gasteiger partial charge in [-0.05, 0) is 12.1 Å².